The molecule has 29 heavy (non-hydrogen) atoms. The summed E-state index contributed by atoms with van der Waals surface area (Å²) in [6.45, 7) is -0.132. The Morgan fingerprint density at radius 2 is 2.07 bits per heavy atom. The molecule has 10 heteroatoms. The van der Waals surface area contributed by atoms with Gasteiger partial charge in [0.15, 0.2) is 9.84 Å². The van der Waals surface area contributed by atoms with Crippen LogP contribution in [0.3, 0.4) is 0 Å². The molecule has 1 amide bonds. The Morgan fingerprint density at radius 3 is 2.72 bits per heavy atom. The highest BCUT2D eigenvalue weighted by molar-refractivity contribution is 7.90. The summed E-state index contributed by atoms with van der Waals surface area (Å²) in [4.78, 5) is 16.7. The van der Waals surface area contributed by atoms with Crippen molar-refractivity contribution in [1.29, 1.82) is 0 Å². The third-order valence-electron chi connectivity index (χ3n) is 4.87. The van der Waals surface area contributed by atoms with Crippen molar-refractivity contribution in [1.82, 2.24) is 10.3 Å². The van der Waals surface area contributed by atoms with Crippen molar-refractivity contribution in [3.8, 4) is 0 Å². The van der Waals surface area contributed by atoms with Crippen LogP contribution in [0.5, 0.6) is 0 Å². The number of pyridine rings is 1. The molecule has 156 valence electrons. The van der Waals surface area contributed by atoms with Crippen molar-refractivity contribution < 1.29 is 27.1 Å². The van der Waals surface area contributed by atoms with Gasteiger partial charge < -0.3 is 10.4 Å². The lowest BCUT2D eigenvalue weighted by Crippen LogP contribution is -2.49. The zero-order chi connectivity index (χ0) is 21.4. The van der Waals surface area contributed by atoms with Crippen molar-refractivity contribution >= 4 is 27.3 Å². The van der Waals surface area contributed by atoms with Crippen LogP contribution in [0.15, 0.2) is 36.5 Å². The maximum atomic E-state index is 15.8. The van der Waals surface area contributed by atoms with Crippen LogP contribution in [-0.4, -0.2) is 36.4 Å². The molecule has 0 unspecified atom stereocenters. The number of fused-ring (bicyclic) bond motifs is 1. The molecule has 1 heterocycles. The monoisotopic (exact) mass is 444 g/mol. The van der Waals surface area contributed by atoms with Gasteiger partial charge in [-0.2, -0.15) is 0 Å². The topological polar surface area (TPSA) is 96.4 Å². The largest absolute Gasteiger partial charge is 0.382 e. The number of aliphatic hydroxyl groups is 1. The number of nitrogens with one attached hydrogen (secondary N) is 1. The second kappa shape index (κ2) is 7.62. The number of amides is 1. The third-order valence-corrected chi connectivity index (χ3v) is 6.23. The van der Waals surface area contributed by atoms with Crippen LogP contribution in [-0.2, 0) is 32.4 Å². The molecule has 1 aliphatic rings. The molecule has 1 aromatic carbocycles. The van der Waals surface area contributed by atoms with Crippen LogP contribution >= 0.6 is 11.6 Å². The van der Waals surface area contributed by atoms with Gasteiger partial charge >= 0.3 is 0 Å². The first-order valence-corrected chi connectivity index (χ1v) is 11.2. The fourth-order valence-electron chi connectivity index (χ4n) is 3.52. The summed E-state index contributed by atoms with van der Waals surface area (Å²) in [5, 5.41) is 13.4. The van der Waals surface area contributed by atoms with Crippen molar-refractivity contribution in [3.63, 3.8) is 0 Å². The van der Waals surface area contributed by atoms with E-state index in [1.807, 2.05) is 0 Å². The Hall–Kier alpha value is -2.10. The summed E-state index contributed by atoms with van der Waals surface area (Å²) >= 11 is 5.93. The summed E-state index contributed by atoms with van der Waals surface area (Å²) in [6.07, 6.45) is 1.53. The third kappa shape index (κ3) is 4.41. The van der Waals surface area contributed by atoms with E-state index < -0.39 is 45.0 Å². The first-order chi connectivity index (χ1) is 13.4. The molecule has 0 spiro atoms. The predicted octanol–water partition coefficient (Wildman–Crippen LogP) is 2.38. The molecule has 0 saturated carbocycles. The number of halogens is 3. The van der Waals surface area contributed by atoms with Gasteiger partial charge in [-0.1, -0.05) is 23.7 Å². The van der Waals surface area contributed by atoms with Crippen LogP contribution in [0, 0.1) is 5.82 Å². The van der Waals surface area contributed by atoms with Gasteiger partial charge in [0.2, 0.25) is 5.67 Å². The molecule has 2 atom stereocenters. The number of hydrogen-bond acceptors (Lipinski definition) is 5. The highest BCUT2D eigenvalue weighted by Crippen LogP contribution is 2.45. The van der Waals surface area contributed by atoms with E-state index in [-0.39, 0.29) is 29.2 Å². The van der Waals surface area contributed by atoms with Crippen molar-refractivity contribution in [2.24, 2.45) is 0 Å². The van der Waals surface area contributed by atoms with Gasteiger partial charge in [-0.15, -0.1) is 0 Å². The average molecular weight is 445 g/mol. The van der Waals surface area contributed by atoms with E-state index >= 15 is 4.39 Å². The minimum Gasteiger partial charge on any atom is -0.382 e. The summed E-state index contributed by atoms with van der Waals surface area (Å²) in [6, 6.07) is 6.34. The molecule has 0 bridgehead atoms. The van der Waals surface area contributed by atoms with Crippen LogP contribution in [0.4, 0.5) is 8.78 Å². The fraction of sp³-hybridized carbons (Fsp3) is 0.368. The molecule has 0 radical (unpaired) electrons. The van der Waals surface area contributed by atoms with Gasteiger partial charge in [0.1, 0.15) is 11.4 Å². The second-order valence-corrected chi connectivity index (χ2v) is 9.77. The average Bonchev–Trinajstić information content (AvgIpc) is 2.63. The number of sulfone groups is 1. The van der Waals surface area contributed by atoms with Gasteiger partial charge in [0.05, 0.1) is 11.4 Å². The van der Waals surface area contributed by atoms with Crippen LogP contribution in [0.2, 0.25) is 5.02 Å². The molecule has 2 N–H and O–H groups in total. The zero-order valence-corrected chi connectivity index (χ0v) is 17.0. The number of carbonyl (C=O) groups excluding carboxylic acids is 1. The standard InChI is InChI=1S/C19H19ClF2N2O4S/c1-29(27,28)11-18(26)6-7-19(22,14-3-2-8-23-16(14)18)17(25)24-10-12-4-5-13(21)9-15(12)20/h2-5,8-9,26H,6-7,10-11H2,1H3,(H,24,25)/t18-,19+/m1/s1. The minimum atomic E-state index is -3.60. The molecule has 2 aromatic rings. The lowest BCUT2D eigenvalue weighted by molar-refractivity contribution is -0.136. The lowest BCUT2D eigenvalue weighted by atomic mass is 9.75. The summed E-state index contributed by atoms with van der Waals surface area (Å²) in [5.41, 5.74) is -4.35. The van der Waals surface area contributed by atoms with E-state index in [4.69, 9.17) is 11.6 Å². The molecule has 0 aliphatic heterocycles. The lowest BCUT2D eigenvalue weighted by Gasteiger charge is -2.39. The Bertz CT molecular complexity index is 1070. The molecule has 1 aliphatic carbocycles. The summed E-state index contributed by atoms with van der Waals surface area (Å²) in [7, 11) is -3.60. The minimum absolute atomic E-state index is 0.0893. The SMILES string of the molecule is CS(=O)(=O)C[C@]1(O)CC[C@@](F)(C(=O)NCc2ccc(F)cc2Cl)c2cccnc21. The molecular formula is C19H19ClF2N2O4S. The number of alkyl halides is 1. The van der Waals surface area contributed by atoms with Crippen LogP contribution in [0.25, 0.3) is 0 Å². The van der Waals surface area contributed by atoms with Gasteiger partial charge in [-0.25, -0.2) is 17.2 Å². The quantitative estimate of drug-likeness (QED) is 0.738. The smallest absolute Gasteiger partial charge is 0.262 e. The van der Waals surface area contributed by atoms with E-state index in [9.17, 15) is 22.7 Å². The summed E-state index contributed by atoms with van der Waals surface area (Å²) in [5.74, 6) is -2.15. The molecule has 1 aromatic heterocycles. The Labute approximate surface area is 171 Å². The molecule has 6 nitrogen and oxygen atoms in total. The normalized spacial score (nSPS) is 24.0. The predicted molar refractivity (Wildman–Crippen MR) is 103 cm³/mol. The molecule has 0 saturated heterocycles. The van der Waals surface area contributed by atoms with Gasteiger partial charge in [0, 0.05) is 29.6 Å². The Balaban J connectivity index is 1.89. The number of hydrogen-bond donors (Lipinski definition) is 2. The summed E-state index contributed by atoms with van der Waals surface area (Å²) < 4.78 is 52.4. The fourth-order valence-corrected chi connectivity index (χ4v) is 4.90. The van der Waals surface area contributed by atoms with Gasteiger partial charge in [-0.3, -0.25) is 9.78 Å². The van der Waals surface area contributed by atoms with Gasteiger partial charge in [-0.05, 0) is 36.6 Å². The van der Waals surface area contributed by atoms with Crippen molar-refractivity contribution in [3.05, 3.63) is 64.2 Å². The Kier molecular flexibility index (Phi) is 5.68. The van der Waals surface area contributed by atoms with Crippen molar-refractivity contribution in [2.75, 3.05) is 12.0 Å². The first-order valence-electron chi connectivity index (χ1n) is 8.72. The van der Waals surface area contributed by atoms with Gasteiger partial charge in [0.25, 0.3) is 5.91 Å². The van der Waals surface area contributed by atoms with E-state index in [2.05, 4.69) is 10.3 Å². The van der Waals surface area contributed by atoms with E-state index in [0.29, 0.717) is 5.56 Å². The molecule has 3 rings (SSSR count). The van der Waals surface area contributed by atoms with E-state index in [1.54, 1.807) is 0 Å². The first kappa shape index (κ1) is 21.6. The Morgan fingerprint density at radius 1 is 1.34 bits per heavy atom. The van der Waals surface area contributed by atoms with Crippen molar-refractivity contribution in [2.45, 2.75) is 30.7 Å². The highest BCUT2D eigenvalue weighted by Gasteiger charge is 2.52. The number of aromatic nitrogens is 1. The van der Waals surface area contributed by atoms with Crippen LogP contribution in [0.1, 0.15) is 29.7 Å². The highest BCUT2D eigenvalue weighted by atomic mass is 35.5. The maximum absolute atomic E-state index is 15.8. The number of nitrogens with zero attached hydrogens (tertiary/aromatic N) is 1. The maximum Gasteiger partial charge on any atom is 0.262 e. The molecular weight excluding hydrogens is 426 g/mol. The number of carbonyl (C=O) groups is 1. The van der Waals surface area contributed by atoms with E-state index in [1.165, 1.54) is 30.5 Å². The van der Waals surface area contributed by atoms with Crippen LogP contribution < -0.4 is 5.32 Å². The zero-order valence-electron chi connectivity index (χ0n) is 15.5. The second-order valence-electron chi connectivity index (χ2n) is 7.22. The number of benzene rings is 1. The number of rotatable bonds is 5. The van der Waals surface area contributed by atoms with E-state index in [0.717, 1.165) is 12.3 Å². The molecule has 0 fully saturated rings.